The molecule has 3 nitrogen and oxygen atoms in total. The molecule has 1 heterocycles. The van der Waals surface area contributed by atoms with Gasteiger partial charge in [0.2, 0.25) is 0 Å². The number of alkyl halides is 3. The van der Waals surface area contributed by atoms with E-state index in [1.54, 1.807) is 18.0 Å². The molecular formula is C15H14ClF3N2OS2. The smallest absolute Gasteiger partial charge is 0.417 e. The molecule has 2 aromatic rings. The Bertz CT molecular complexity index is 678. The average molecular weight is 395 g/mol. The molecule has 2 rings (SSSR count). The average Bonchev–Trinajstić information content (AvgIpc) is 3.01. The van der Waals surface area contributed by atoms with Crippen LogP contribution in [0.15, 0.2) is 41.0 Å². The van der Waals surface area contributed by atoms with E-state index in [4.69, 9.17) is 28.2 Å². The van der Waals surface area contributed by atoms with Crippen molar-refractivity contribution >= 4 is 46.4 Å². The van der Waals surface area contributed by atoms with E-state index in [1.807, 2.05) is 12.1 Å². The van der Waals surface area contributed by atoms with Crippen molar-refractivity contribution in [1.82, 2.24) is 5.32 Å². The molecule has 0 aliphatic carbocycles. The van der Waals surface area contributed by atoms with E-state index < -0.39 is 11.7 Å². The van der Waals surface area contributed by atoms with Gasteiger partial charge in [0.1, 0.15) is 5.76 Å². The Labute approximate surface area is 151 Å². The Morgan fingerprint density at radius 2 is 2.08 bits per heavy atom. The molecule has 1 aromatic carbocycles. The zero-order valence-corrected chi connectivity index (χ0v) is 14.7. The summed E-state index contributed by atoms with van der Waals surface area (Å²) in [5, 5.41) is 5.57. The highest BCUT2D eigenvalue weighted by molar-refractivity contribution is 7.98. The molecule has 0 fully saturated rings. The molecule has 130 valence electrons. The van der Waals surface area contributed by atoms with Gasteiger partial charge in [0.15, 0.2) is 5.11 Å². The molecule has 2 N–H and O–H groups in total. The van der Waals surface area contributed by atoms with Crippen LogP contribution in [-0.2, 0) is 11.9 Å². The van der Waals surface area contributed by atoms with Crippen molar-refractivity contribution in [3.63, 3.8) is 0 Å². The quantitative estimate of drug-likeness (QED) is 0.522. The summed E-state index contributed by atoms with van der Waals surface area (Å²) in [5.74, 6) is 2.42. The van der Waals surface area contributed by atoms with Gasteiger partial charge in [-0.15, -0.1) is 0 Å². The second-order valence-corrected chi connectivity index (χ2v) is 6.63. The van der Waals surface area contributed by atoms with E-state index in [0.717, 1.165) is 23.3 Å². The molecule has 0 bridgehead atoms. The maximum absolute atomic E-state index is 12.8. The van der Waals surface area contributed by atoms with Gasteiger partial charge in [-0.1, -0.05) is 11.6 Å². The molecule has 24 heavy (non-hydrogen) atoms. The zero-order valence-electron chi connectivity index (χ0n) is 12.3. The fourth-order valence-electron chi connectivity index (χ4n) is 1.80. The van der Waals surface area contributed by atoms with Crippen molar-refractivity contribution in [3.05, 3.63) is 52.9 Å². The van der Waals surface area contributed by atoms with Gasteiger partial charge in [0.05, 0.1) is 22.6 Å². The van der Waals surface area contributed by atoms with Crippen molar-refractivity contribution in [3.8, 4) is 0 Å². The highest BCUT2D eigenvalue weighted by Crippen LogP contribution is 2.36. The summed E-state index contributed by atoms with van der Waals surface area (Å²) >= 11 is 12.3. The summed E-state index contributed by atoms with van der Waals surface area (Å²) in [6, 6.07) is 7.29. The summed E-state index contributed by atoms with van der Waals surface area (Å²) in [6.45, 7) is 0.580. The number of thioether (sulfide) groups is 1. The van der Waals surface area contributed by atoms with Crippen LogP contribution in [0.3, 0.4) is 0 Å². The van der Waals surface area contributed by atoms with Gasteiger partial charge in [0, 0.05) is 18.0 Å². The van der Waals surface area contributed by atoms with Crippen LogP contribution in [0.2, 0.25) is 5.02 Å². The van der Waals surface area contributed by atoms with Crippen LogP contribution < -0.4 is 10.6 Å². The number of rotatable bonds is 6. The van der Waals surface area contributed by atoms with E-state index in [2.05, 4.69) is 10.6 Å². The van der Waals surface area contributed by atoms with Gasteiger partial charge in [-0.2, -0.15) is 24.9 Å². The molecule has 0 radical (unpaired) electrons. The molecule has 0 aliphatic heterocycles. The first-order chi connectivity index (χ1) is 11.4. The number of furan rings is 1. The minimum absolute atomic E-state index is 0.229. The maximum atomic E-state index is 12.8. The maximum Gasteiger partial charge on any atom is 0.417 e. The first kappa shape index (κ1) is 19.0. The van der Waals surface area contributed by atoms with Gasteiger partial charge in [-0.05, 0) is 42.5 Å². The van der Waals surface area contributed by atoms with Gasteiger partial charge >= 0.3 is 6.18 Å². The highest BCUT2D eigenvalue weighted by Gasteiger charge is 2.33. The Kier molecular flexibility index (Phi) is 6.82. The number of halogens is 4. The zero-order chi connectivity index (χ0) is 17.6. The monoisotopic (exact) mass is 394 g/mol. The van der Waals surface area contributed by atoms with Crippen LogP contribution in [0.4, 0.5) is 18.9 Å². The van der Waals surface area contributed by atoms with E-state index in [9.17, 15) is 13.2 Å². The van der Waals surface area contributed by atoms with E-state index in [0.29, 0.717) is 6.54 Å². The van der Waals surface area contributed by atoms with Gasteiger partial charge in [-0.25, -0.2) is 0 Å². The minimum Gasteiger partial charge on any atom is -0.468 e. The summed E-state index contributed by atoms with van der Waals surface area (Å²) in [7, 11) is 0. The number of hydrogen-bond acceptors (Lipinski definition) is 3. The number of thiocarbonyl (C=S) groups is 1. The van der Waals surface area contributed by atoms with Crippen molar-refractivity contribution in [2.75, 3.05) is 17.6 Å². The number of nitrogens with one attached hydrogen (secondary N) is 2. The van der Waals surface area contributed by atoms with E-state index >= 15 is 0 Å². The molecule has 0 amide bonds. The SMILES string of the molecule is FC(F)(F)c1cc(NC(=S)NCCSCc2ccco2)ccc1Cl. The van der Waals surface area contributed by atoms with E-state index in [1.165, 1.54) is 12.1 Å². The van der Waals surface area contributed by atoms with Crippen molar-refractivity contribution in [2.45, 2.75) is 11.9 Å². The van der Waals surface area contributed by atoms with Gasteiger partial charge in [-0.3, -0.25) is 0 Å². The lowest BCUT2D eigenvalue weighted by Crippen LogP contribution is -2.30. The third-order valence-corrected chi connectivity index (χ3v) is 4.44. The first-order valence-electron chi connectivity index (χ1n) is 6.88. The number of benzene rings is 1. The summed E-state index contributed by atoms with van der Waals surface area (Å²) < 4.78 is 43.6. The first-order valence-corrected chi connectivity index (χ1v) is 8.82. The Morgan fingerprint density at radius 1 is 1.29 bits per heavy atom. The fraction of sp³-hybridized carbons (Fsp3) is 0.267. The molecular weight excluding hydrogens is 381 g/mol. The molecule has 0 unspecified atom stereocenters. The predicted molar refractivity (Wildman–Crippen MR) is 95.5 cm³/mol. The topological polar surface area (TPSA) is 37.2 Å². The summed E-state index contributed by atoms with van der Waals surface area (Å²) in [6.07, 6.45) is -2.89. The standard InChI is InChI=1S/C15H14ClF3N2OS2/c16-13-4-3-10(8-12(13)15(17,18)19)21-14(23)20-5-7-24-9-11-2-1-6-22-11/h1-4,6,8H,5,7,9H2,(H2,20,21,23). The van der Waals surface area contributed by atoms with Crippen LogP contribution >= 0.6 is 35.6 Å². The van der Waals surface area contributed by atoms with Gasteiger partial charge in [0.25, 0.3) is 0 Å². The lowest BCUT2D eigenvalue weighted by Gasteiger charge is -2.13. The number of hydrogen-bond donors (Lipinski definition) is 2. The molecule has 9 heteroatoms. The van der Waals surface area contributed by atoms with Crippen LogP contribution in [0.5, 0.6) is 0 Å². The highest BCUT2D eigenvalue weighted by atomic mass is 35.5. The Balaban J connectivity index is 1.76. The van der Waals surface area contributed by atoms with Crippen molar-refractivity contribution in [1.29, 1.82) is 0 Å². The fourth-order valence-corrected chi connectivity index (χ4v) is 3.00. The molecule has 0 saturated carbocycles. The largest absolute Gasteiger partial charge is 0.468 e. The van der Waals surface area contributed by atoms with Crippen LogP contribution in [0.1, 0.15) is 11.3 Å². The minimum atomic E-state index is -4.51. The third-order valence-electron chi connectivity index (χ3n) is 2.89. The second kappa shape index (κ2) is 8.64. The number of anilines is 1. The molecule has 0 atom stereocenters. The summed E-state index contributed by atoms with van der Waals surface area (Å²) in [4.78, 5) is 0. The van der Waals surface area contributed by atoms with Crippen molar-refractivity contribution < 1.29 is 17.6 Å². The lowest BCUT2D eigenvalue weighted by atomic mass is 10.2. The predicted octanol–water partition coefficient (Wildman–Crippen LogP) is 5.17. The summed E-state index contributed by atoms with van der Waals surface area (Å²) in [5.41, 5.74) is -0.668. The molecule has 1 aromatic heterocycles. The third kappa shape index (κ3) is 5.92. The van der Waals surface area contributed by atoms with Crippen LogP contribution in [0, 0.1) is 0 Å². The Morgan fingerprint density at radius 3 is 2.75 bits per heavy atom. The van der Waals surface area contributed by atoms with Gasteiger partial charge < -0.3 is 15.1 Å². The second-order valence-electron chi connectivity index (χ2n) is 4.71. The van der Waals surface area contributed by atoms with Crippen LogP contribution in [-0.4, -0.2) is 17.4 Å². The van der Waals surface area contributed by atoms with Crippen molar-refractivity contribution in [2.24, 2.45) is 0 Å². The molecule has 0 aliphatic rings. The molecule has 0 saturated heterocycles. The van der Waals surface area contributed by atoms with Crippen LogP contribution in [0.25, 0.3) is 0 Å². The lowest BCUT2D eigenvalue weighted by molar-refractivity contribution is -0.137. The Hall–Kier alpha value is -1.38. The van der Waals surface area contributed by atoms with E-state index in [-0.39, 0.29) is 15.8 Å². The normalized spacial score (nSPS) is 11.3. The molecule has 0 spiro atoms.